The molecule has 0 saturated heterocycles. The Kier molecular flexibility index (Phi) is 9.42. The summed E-state index contributed by atoms with van der Waals surface area (Å²) in [5.74, 6) is -4.72. The van der Waals surface area contributed by atoms with Crippen LogP contribution in [-0.4, -0.2) is 58.6 Å². The Morgan fingerprint density at radius 1 is 0.958 bits per heavy atom. The predicted octanol–water partition coefficient (Wildman–Crippen LogP) is -3.56. The smallest absolute Gasteiger partial charge is 0.327 e. The van der Waals surface area contributed by atoms with Crippen LogP contribution in [-0.2, 0) is 24.0 Å². The first-order chi connectivity index (χ1) is 11.1. The van der Waals surface area contributed by atoms with Gasteiger partial charge in [0, 0.05) is 12.2 Å². The fourth-order valence-corrected chi connectivity index (χ4v) is 1.85. The van der Waals surface area contributed by atoms with Crippen molar-refractivity contribution in [2.75, 3.05) is 5.75 Å². The van der Waals surface area contributed by atoms with Gasteiger partial charge in [0.1, 0.15) is 12.1 Å². The number of nitrogens with two attached hydrogens (primary N) is 3. The van der Waals surface area contributed by atoms with Gasteiger partial charge in [0.15, 0.2) is 0 Å². The van der Waals surface area contributed by atoms with Gasteiger partial charge in [-0.3, -0.25) is 19.2 Å². The van der Waals surface area contributed by atoms with E-state index in [1.807, 2.05) is 0 Å². The molecule has 0 aliphatic rings. The van der Waals surface area contributed by atoms with Gasteiger partial charge in [-0.2, -0.15) is 12.6 Å². The van der Waals surface area contributed by atoms with E-state index >= 15 is 0 Å². The van der Waals surface area contributed by atoms with Crippen molar-refractivity contribution in [2.24, 2.45) is 17.2 Å². The first-order valence-electron chi connectivity index (χ1n) is 6.85. The minimum Gasteiger partial charge on any atom is -0.480 e. The molecule has 0 aromatic carbocycles. The van der Waals surface area contributed by atoms with E-state index in [1.54, 1.807) is 0 Å². The minimum atomic E-state index is -1.32. The monoisotopic (exact) mass is 363 g/mol. The number of primary amides is 2. The lowest BCUT2D eigenvalue weighted by Gasteiger charge is -2.21. The normalized spacial score (nSPS) is 14.1. The molecular formula is C12H21N5O6S. The molecule has 11 nitrogen and oxygen atoms in total. The van der Waals surface area contributed by atoms with Gasteiger partial charge in [0.25, 0.3) is 0 Å². The van der Waals surface area contributed by atoms with E-state index in [1.165, 1.54) is 0 Å². The van der Waals surface area contributed by atoms with Gasteiger partial charge in [-0.1, -0.05) is 0 Å². The van der Waals surface area contributed by atoms with Crippen LogP contribution in [0.3, 0.4) is 0 Å². The number of aliphatic carboxylic acids is 1. The SMILES string of the molecule is NC(=O)CC[C@H](NC(=O)[C@@H](N)CC(N)=O)C(=O)N[C@@H](CS)C(=O)O. The van der Waals surface area contributed by atoms with Crippen molar-refractivity contribution in [2.45, 2.75) is 37.4 Å². The number of carboxylic acid groups (broad SMARTS) is 1. The van der Waals surface area contributed by atoms with Gasteiger partial charge in [0.2, 0.25) is 23.6 Å². The van der Waals surface area contributed by atoms with Crippen molar-refractivity contribution in [3.63, 3.8) is 0 Å². The Morgan fingerprint density at radius 3 is 1.92 bits per heavy atom. The summed E-state index contributed by atoms with van der Waals surface area (Å²) in [6.07, 6.45) is -0.846. The predicted molar refractivity (Wildman–Crippen MR) is 85.6 cm³/mol. The van der Waals surface area contributed by atoms with E-state index in [0.717, 1.165) is 0 Å². The van der Waals surface area contributed by atoms with Crippen molar-refractivity contribution < 1.29 is 29.1 Å². The molecule has 24 heavy (non-hydrogen) atoms. The van der Waals surface area contributed by atoms with Crippen LogP contribution in [0.15, 0.2) is 0 Å². The van der Waals surface area contributed by atoms with Gasteiger partial charge >= 0.3 is 5.97 Å². The second-order valence-corrected chi connectivity index (χ2v) is 5.29. The maximum absolute atomic E-state index is 12.1. The summed E-state index contributed by atoms with van der Waals surface area (Å²) >= 11 is 3.79. The number of thiol groups is 1. The van der Waals surface area contributed by atoms with E-state index in [4.69, 9.17) is 22.3 Å². The molecule has 12 heteroatoms. The van der Waals surface area contributed by atoms with Crippen LogP contribution >= 0.6 is 12.6 Å². The lowest BCUT2D eigenvalue weighted by Crippen LogP contribution is -2.55. The van der Waals surface area contributed by atoms with E-state index in [-0.39, 0.29) is 18.6 Å². The number of carbonyl (C=O) groups excluding carboxylic acids is 4. The molecule has 0 radical (unpaired) electrons. The summed E-state index contributed by atoms with van der Waals surface area (Å²) < 4.78 is 0. The number of carbonyl (C=O) groups is 5. The molecule has 0 spiro atoms. The molecule has 0 aromatic rings. The molecule has 0 aromatic heterocycles. The third-order valence-corrected chi connectivity index (χ3v) is 3.23. The van der Waals surface area contributed by atoms with Crippen molar-refractivity contribution in [3.8, 4) is 0 Å². The molecule has 136 valence electrons. The summed E-state index contributed by atoms with van der Waals surface area (Å²) in [6, 6.07) is -3.83. The minimum absolute atomic E-state index is 0.172. The maximum Gasteiger partial charge on any atom is 0.327 e. The van der Waals surface area contributed by atoms with E-state index < -0.39 is 54.1 Å². The van der Waals surface area contributed by atoms with Crippen LogP contribution in [0.25, 0.3) is 0 Å². The molecule has 0 fully saturated rings. The highest BCUT2D eigenvalue weighted by Crippen LogP contribution is 2.01. The van der Waals surface area contributed by atoms with Crippen LogP contribution in [0, 0.1) is 0 Å². The Morgan fingerprint density at radius 2 is 1.50 bits per heavy atom. The van der Waals surface area contributed by atoms with Crippen LogP contribution < -0.4 is 27.8 Å². The summed E-state index contributed by atoms with van der Waals surface area (Å²) in [5, 5.41) is 13.3. The number of nitrogens with one attached hydrogen (secondary N) is 2. The average Bonchev–Trinajstić information content (AvgIpc) is 2.46. The van der Waals surface area contributed by atoms with Crippen molar-refractivity contribution in [1.29, 1.82) is 0 Å². The van der Waals surface area contributed by atoms with Crippen molar-refractivity contribution >= 4 is 42.2 Å². The third-order valence-electron chi connectivity index (χ3n) is 2.87. The summed E-state index contributed by atoms with van der Waals surface area (Å²) in [6.45, 7) is 0. The fourth-order valence-electron chi connectivity index (χ4n) is 1.60. The third kappa shape index (κ3) is 8.33. The van der Waals surface area contributed by atoms with Crippen LogP contribution in [0.1, 0.15) is 19.3 Å². The number of rotatable bonds is 11. The maximum atomic E-state index is 12.1. The first kappa shape index (κ1) is 21.7. The zero-order valence-corrected chi connectivity index (χ0v) is 13.6. The van der Waals surface area contributed by atoms with Crippen LogP contribution in [0.5, 0.6) is 0 Å². The molecule has 0 heterocycles. The largest absolute Gasteiger partial charge is 0.480 e. The lowest BCUT2D eigenvalue weighted by molar-refractivity contribution is -0.141. The second-order valence-electron chi connectivity index (χ2n) is 4.93. The number of hydrogen-bond donors (Lipinski definition) is 7. The Bertz CT molecular complexity index is 514. The first-order valence-corrected chi connectivity index (χ1v) is 7.48. The molecule has 0 rings (SSSR count). The van der Waals surface area contributed by atoms with Crippen molar-refractivity contribution in [1.82, 2.24) is 10.6 Å². The zero-order chi connectivity index (χ0) is 18.9. The Hall–Kier alpha value is -2.34. The van der Waals surface area contributed by atoms with Crippen LogP contribution in [0.4, 0.5) is 0 Å². The molecule has 0 saturated carbocycles. The van der Waals surface area contributed by atoms with E-state index in [2.05, 4.69) is 23.3 Å². The Labute approximate surface area is 143 Å². The van der Waals surface area contributed by atoms with Crippen LogP contribution in [0.2, 0.25) is 0 Å². The molecule has 4 amide bonds. The summed E-state index contributed by atoms with van der Waals surface area (Å²) in [4.78, 5) is 56.5. The van der Waals surface area contributed by atoms with Gasteiger partial charge in [-0.25, -0.2) is 4.79 Å². The highest BCUT2D eigenvalue weighted by atomic mass is 32.1. The average molecular weight is 363 g/mol. The number of hydrogen-bond acceptors (Lipinski definition) is 7. The van der Waals surface area contributed by atoms with Gasteiger partial charge < -0.3 is 32.9 Å². The highest BCUT2D eigenvalue weighted by Gasteiger charge is 2.28. The highest BCUT2D eigenvalue weighted by molar-refractivity contribution is 7.80. The Balaban J connectivity index is 4.98. The van der Waals surface area contributed by atoms with E-state index in [9.17, 15) is 24.0 Å². The molecule has 0 aliphatic heterocycles. The number of carboxylic acids is 1. The molecule has 0 bridgehead atoms. The van der Waals surface area contributed by atoms with Gasteiger partial charge in [-0.15, -0.1) is 0 Å². The lowest BCUT2D eigenvalue weighted by atomic mass is 10.1. The molecule has 9 N–H and O–H groups in total. The summed E-state index contributed by atoms with van der Waals surface area (Å²) in [7, 11) is 0. The zero-order valence-electron chi connectivity index (χ0n) is 12.7. The van der Waals surface area contributed by atoms with Gasteiger partial charge in [0.05, 0.1) is 12.5 Å². The molecule has 0 unspecified atom stereocenters. The second kappa shape index (κ2) is 10.4. The molecule has 3 atom stereocenters. The van der Waals surface area contributed by atoms with E-state index in [0.29, 0.717) is 0 Å². The molecule has 0 aliphatic carbocycles. The fraction of sp³-hybridized carbons (Fsp3) is 0.583. The summed E-state index contributed by atoms with van der Waals surface area (Å²) in [5.41, 5.74) is 15.4. The molecular weight excluding hydrogens is 342 g/mol. The quantitative estimate of drug-likeness (QED) is 0.183. The topological polar surface area (TPSA) is 208 Å². The van der Waals surface area contributed by atoms with Gasteiger partial charge in [-0.05, 0) is 6.42 Å². The number of amides is 4. The standard InChI is InChI=1S/C12H21N5O6S/c13-5(3-9(15)19)10(20)16-6(1-2-8(14)18)11(21)17-7(4-24)12(22)23/h5-7,24H,1-4,13H2,(H2,14,18)(H2,15,19)(H,16,20)(H,17,21)(H,22,23)/t5-,6-,7-/m0/s1. The van der Waals surface area contributed by atoms with Crippen molar-refractivity contribution in [3.05, 3.63) is 0 Å².